The monoisotopic (exact) mass is 680 g/mol. The Morgan fingerprint density at radius 2 is 0.854 bits per heavy atom. The average Bonchev–Trinajstić information content (AvgIpc) is 3.09. The van der Waals surface area contributed by atoms with Gasteiger partial charge in [0.2, 0.25) is 5.91 Å². The molecule has 0 aromatic carbocycles. The van der Waals surface area contributed by atoms with E-state index >= 15 is 0 Å². The van der Waals surface area contributed by atoms with Gasteiger partial charge in [0, 0.05) is 0 Å². The number of carbonyl (C=O) groups excluding carboxylic acids is 1. The van der Waals surface area contributed by atoms with Gasteiger partial charge in [0.1, 0.15) is 12.2 Å². The van der Waals surface area contributed by atoms with Gasteiger partial charge in [0.05, 0.1) is 18.8 Å². The second-order valence-corrected chi connectivity index (χ2v) is 14.3. The fraction of sp³-hybridized carbons (Fsp3) is 0.881. The van der Waals surface area contributed by atoms with E-state index in [-0.39, 0.29) is 0 Å². The number of carbonyl (C=O) groups is 1. The summed E-state index contributed by atoms with van der Waals surface area (Å²) in [5, 5.41) is 43.4. The van der Waals surface area contributed by atoms with Crippen molar-refractivity contribution in [2.75, 3.05) is 6.61 Å². The molecule has 48 heavy (non-hydrogen) atoms. The van der Waals surface area contributed by atoms with Crippen molar-refractivity contribution in [3.63, 3.8) is 0 Å². The van der Waals surface area contributed by atoms with Gasteiger partial charge in [-0.05, 0) is 64.2 Å². The Hall–Kier alpha value is -1.21. The zero-order valence-corrected chi connectivity index (χ0v) is 31.7. The van der Waals surface area contributed by atoms with Crippen LogP contribution in [0.4, 0.5) is 0 Å². The summed E-state index contributed by atoms with van der Waals surface area (Å²) >= 11 is 0. The third kappa shape index (κ3) is 30.8. The van der Waals surface area contributed by atoms with Crippen LogP contribution < -0.4 is 5.32 Å². The van der Waals surface area contributed by atoms with Crippen molar-refractivity contribution in [1.82, 2.24) is 5.32 Å². The molecule has 0 saturated heterocycles. The summed E-state index contributed by atoms with van der Waals surface area (Å²) in [5.74, 6) is -0.599. The minimum Gasteiger partial charge on any atom is -0.394 e. The van der Waals surface area contributed by atoms with E-state index in [9.17, 15) is 25.2 Å². The third-order valence-corrected chi connectivity index (χ3v) is 9.63. The number of aliphatic hydroxyl groups is 4. The maximum Gasteiger partial charge on any atom is 0.249 e. The smallest absolute Gasteiger partial charge is 0.249 e. The molecule has 6 nitrogen and oxygen atoms in total. The van der Waals surface area contributed by atoms with E-state index in [1.165, 1.54) is 135 Å². The molecule has 0 aromatic rings. The molecule has 4 atom stereocenters. The van der Waals surface area contributed by atoms with Gasteiger partial charge in [-0.3, -0.25) is 4.79 Å². The molecule has 0 radical (unpaired) electrons. The lowest BCUT2D eigenvalue weighted by Crippen LogP contribution is -2.53. The minimum atomic E-state index is -1.28. The van der Waals surface area contributed by atoms with Gasteiger partial charge in [-0.15, -0.1) is 0 Å². The molecule has 0 aromatic heterocycles. The molecule has 0 saturated carbocycles. The number of rotatable bonds is 37. The highest BCUT2D eigenvalue weighted by atomic mass is 16.3. The fourth-order valence-electron chi connectivity index (χ4n) is 6.28. The topological polar surface area (TPSA) is 110 Å². The quantitative estimate of drug-likeness (QED) is 0.0332. The van der Waals surface area contributed by atoms with Crippen LogP contribution in [-0.4, -0.2) is 57.3 Å². The first-order valence-electron chi connectivity index (χ1n) is 20.7. The van der Waals surface area contributed by atoms with Gasteiger partial charge in [0.15, 0.2) is 0 Å². The van der Waals surface area contributed by atoms with E-state index in [2.05, 4.69) is 43.5 Å². The number of aliphatic hydroxyl groups excluding tert-OH is 4. The number of unbranched alkanes of at least 4 members (excludes halogenated alkanes) is 24. The average molecular weight is 680 g/mol. The van der Waals surface area contributed by atoms with Gasteiger partial charge in [-0.2, -0.15) is 0 Å². The van der Waals surface area contributed by atoms with Crippen molar-refractivity contribution in [3.05, 3.63) is 24.3 Å². The fourth-order valence-corrected chi connectivity index (χ4v) is 6.28. The SMILES string of the molecule is CCCCCCCC/C=C/CCCC(O)C(O)C(CO)NC(=O)C(O)CCCCCCCC/C=C\CCCCCCCCCCCCC. The molecule has 0 aliphatic heterocycles. The molecule has 1 amide bonds. The summed E-state index contributed by atoms with van der Waals surface area (Å²) in [7, 11) is 0. The first-order valence-corrected chi connectivity index (χ1v) is 20.7. The van der Waals surface area contributed by atoms with Crippen LogP contribution in [0.25, 0.3) is 0 Å². The number of amides is 1. The second kappa shape index (κ2) is 37.1. The number of allylic oxidation sites excluding steroid dienone is 4. The molecule has 4 unspecified atom stereocenters. The van der Waals surface area contributed by atoms with Gasteiger partial charge in [0.25, 0.3) is 0 Å². The minimum absolute atomic E-state index is 0.357. The maximum absolute atomic E-state index is 12.5. The van der Waals surface area contributed by atoms with Crippen molar-refractivity contribution < 1.29 is 25.2 Å². The zero-order chi connectivity index (χ0) is 35.3. The molecule has 0 fully saturated rings. The van der Waals surface area contributed by atoms with Crippen molar-refractivity contribution in [2.45, 2.75) is 231 Å². The summed E-state index contributed by atoms with van der Waals surface area (Å²) in [6, 6.07) is -1.00. The Bertz CT molecular complexity index is 727. The molecular weight excluding hydrogens is 598 g/mol. The van der Waals surface area contributed by atoms with Gasteiger partial charge < -0.3 is 25.7 Å². The van der Waals surface area contributed by atoms with Crippen LogP contribution in [0, 0.1) is 0 Å². The first-order chi connectivity index (χ1) is 23.5. The Kier molecular flexibility index (Phi) is 36.1. The van der Waals surface area contributed by atoms with Crippen LogP contribution in [0.1, 0.15) is 206 Å². The highest BCUT2D eigenvalue weighted by molar-refractivity contribution is 5.80. The summed E-state index contributed by atoms with van der Waals surface area (Å²) in [5.41, 5.74) is 0. The molecule has 6 heteroatoms. The van der Waals surface area contributed by atoms with E-state index in [0.29, 0.717) is 12.8 Å². The molecule has 284 valence electrons. The second-order valence-electron chi connectivity index (χ2n) is 14.3. The lowest BCUT2D eigenvalue weighted by molar-refractivity contribution is -0.132. The summed E-state index contributed by atoms with van der Waals surface area (Å²) in [6.07, 6.45) is 40.7. The van der Waals surface area contributed by atoms with Crippen molar-refractivity contribution >= 4 is 5.91 Å². The van der Waals surface area contributed by atoms with E-state index in [4.69, 9.17) is 0 Å². The van der Waals surface area contributed by atoms with Crippen LogP contribution in [0.5, 0.6) is 0 Å². The van der Waals surface area contributed by atoms with Crippen molar-refractivity contribution in [3.8, 4) is 0 Å². The standard InChI is InChI=1S/C42H81NO5/c1-3-5-7-9-11-13-15-16-17-18-19-20-21-22-23-24-26-28-30-32-34-36-40(46)42(48)43-38(37-44)41(47)39(45)35-33-31-29-27-25-14-12-10-8-6-4-2/h21-22,27,29,38-41,44-47H,3-20,23-26,28,30-37H2,1-2H3,(H,43,48)/b22-21-,29-27+. The molecule has 0 heterocycles. The highest BCUT2D eigenvalue weighted by Crippen LogP contribution is 2.15. The van der Waals surface area contributed by atoms with Gasteiger partial charge in [-0.25, -0.2) is 0 Å². The molecule has 0 aliphatic rings. The maximum atomic E-state index is 12.5. The molecule has 0 aliphatic carbocycles. The van der Waals surface area contributed by atoms with Crippen molar-refractivity contribution in [2.24, 2.45) is 0 Å². The Morgan fingerprint density at radius 3 is 1.25 bits per heavy atom. The van der Waals surface area contributed by atoms with E-state index in [1.54, 1.807) is 0 Å². The summed E-state index contributed by atoms with van der Waals surface area (Å²) < 4.78 is 0. The predicted molar refractivity (Wildman–Crippen MR) is 205 cm³/mol. The van der Waals surface area contributed by atoms with Crippen LogP contribution in [0.3, 0.4) is 0 Å². The number of hydrogen-bond acceptors (Lipinski definition) is 5. The zero-order valence-electron chi connectivity index (χ0n) is 31.7. The Balaban J connectivity index is 3.76. The van der Waals surface area contributed by atoms with E-state index < -0.39 is 36.9 Å². The van der Waals surface area contributed by atoms with Crippen LogP contribution in [-0.2, 0) is 4.79 Å². The normalized spacial score (nSPS) is 14.5. The molecule has 0 spiro atoms. The van der Waals surface area contributed by atoms with Crippen LogP contribution in [0.15, 0.2) is 24.3 Å². The lowest BCUT2D eigenvalue weighted by atomic mass is 10.00. The lowest BCUT2D eigenvalue weighted by Gasteiger charge is -2.27. The molecular formula is C42H81NO5. The molecule has 0 rings (SSSR count). The Morgan fingerprint density at radius 1 is 0.500 bits per heavy atom. The first kappa shape index (κ1) is 46.8. The van der Waals surface area contributed by atoms with Crippen LogP contribution >= 0.6 is 0 Å². The third-order valence-electron chi connectivity index (χ3n) is 9.63. The number of hydrogen-bond donors (Lipinski definition) is 5. The molecule has 0 bridgehead atoms. The highest BCUT2D eigenvalue weighted by Gasteiger charge is 2.28. The predicted octanol–water partition coefficient (Wildman–Crippen LogP) is 10.4. The largest absolute Gasteiger partial charge is 0.394 e. The Labute approximate surface area is 297 Å². The van der Waals surface area contributed by atoms with Gasteiger partial charge in [-0.1, -0.05) is 167 Å². The summed E-state index contributed by atoms with van der Waals surface area (Å²) in [4.78, 5) is 12.5. The van der Waals surface area contributed by atoms with Gasteiger partial charge >= 0.3 is 0 Å². The van der Waals surface area contributed by atoms with Crippen LogP contribution in [0.2, 0.25) is 0 Å². The summed E-state index contributed by atoms with van der Waals surface area (Å²) in [6.45, 7) is 4.01. The van der Waals surface area contributed by atoms with E-state index in [1.807, 2.05) is 0 Å². The van der Waals surface area contributed by atoms with Crippen molar-refractivity contribution in [1.29, 1.82) is 0 Å². The van der Waals surface area contributed by atoms with E-state index in [0.717, 1.165) is 44.9 Å². The number of nitrogens with one attached hydrogen (secondary N) is 1. The molecule has 5 N–H and O–H groups in total.